The fourth-order valence-electron chi connectivity index (χ4n) is 3.19. The molecule has 0 radical (unpaired) electrons. The van der Waals surface area contributed by atoms with Gasteiger partial charge in [-0.05, 0) is 12.5 Å². The van der Waals surface area contributed by atoms with E-state index in [0.717, 1.165) is 19.6 Å². The summed E-state index contributed by atoms with van der Waals surface area (Å²) < 4.78 is 25.9. The molecule has 1 aromatic carbocycles. The molecule has 0 aliphatic carbocycles. The first-order chi connectivity index (χ1) is 10.6. The summed E-state index contributed by atoms with van der Waals surface area (Å²) in [5.74, 6) is 0.269. The normalized spacial score (nSPS) is 18.0. The number of fused-ring (bicyclic) bond motifs is 1. The Bertz CT molecular complexity index is 731. The number of sulfonamides is 1. The molecule has 1 fully saturated rings. The summed E-state index contributed by atoms with van der Waals surface area (Å²) in [4.78, 5) is 4.76. The highest BCUT2D eigenvalue weighted by atomic mass is 32.2. The van der Waals surface area contributed by atoms with Gasteiger partial charge in [0, 0.05) is 22.7 Å². The highest BCUT2D eigenvalue weighted by Gasteiger charge is 2.28. The molecule has 2 aromatic rings. The Hall–Kier alpha value is -1.37. The summed E-state index contributed by atoms with van der Waals surface area (Å²) in [5.41, 5.74) is 2.48. The number of quaternary nitrogens is 1. The van der Waals surface area contributed by atoms with Crippen molar-refractivity contribution in [3.05, 3.63) is 36.0 Å². The van der Waals surface area contributed by atoms with Crippen LogP contribution in [0.4, 0.5) is 0 Å². The topological polar surface area (TPSA) is 57.6 Å². The van der Waals surface area contributed by atoms with Gasteiger partial charge in [-0.15, -0.1) is 0 Å². The number of rotatable bonds is 5. The number of nitrogens with one attached hydrogen (secondary N) is 2. The number of H-pyrrole nitrogens is 1. The minimum atomic E-state index is -3.04. The van der Waals surface area contributed by atoms with Crippen LogP contribution in [0.5, 0.6) is 0 Å². The van der Waals surface area contributed by atoms with E-state index in [9.17, 15) is 8.42 Å². The third-order valence-electron chi connectivity index (χ3n) is 4.40. The molecule has 1 aromatic heterocycles. The second-order valence-corrected chi connectivity index (χ2v) is 8.09. The summed E-state index contributed by atoms with van der Waals surface area (Å²) in [6.07, 6.45) is 2.77. The standard InChI is InChI=1S/C16H23N3O2S/c1-2-11-22(20,21)19-9-7-18(8-10-19)13-14-12-17-16-6-4-3-5-15(14)16/h3-6,12,17H,2,7-11,13H2,1H3/p+1. The zero-order valence-corrected chi connectivity index (χ0v) is 13.8. The molecule has 22 heavy (non-hydrogen) atoms. The van der Waals surface area contributed by atoms with Crippen molar-refractivity contribution in [2.75, 3.05) is 31.9 Å². The molecule has 5 nitrogen and oxygen atoms in total. The van der Waals surface area contributed by atoms with Gasteiger partial charge < -0.3 is 9.88 Å². The Morgan fingerprint density at radius 3 is 2.68 bits per heavy atom. The molecule has 2 heterocycles. The van der Waals surface area contributed by atoms with E-state index in [1.54, 1.807) is 4.31 Å². The summed E-state index contributed by atoms with van der Waals surface area (Å²) in [5, 5.41) is 1.27. The largest absolute Gasteiger partial charge is 0.361 e. The first-order valence-corrected chi connectivity index (χ1v) is 9.57. The lowest BCUT2D eigenvalue weighted by atomic mass is 10.1. The number of aromatic nitrogens is 1. The van der Waals surface area contributed by atoms with Crippen molar-refractivity contribution in [3.63, 3.8) is 0 Å². The van der Waals surface area contributed by atoms with E-state index in [-0.39, 0.29) is 5.75 Å². The Kier molecular flexibility index (Phi) is 4.52. The van der Waals surface area contributed by atoms with Crippen molar-refractivity contribution in [1.82, 2.24) is 9.29 Å². The molecule has 2 N–H and O–H groups in total. The van der Waals surface area contributed by atoms with E-state index in [4.69, 9.17) is 0 Å². The zero-order valence-electron chi connectivity index (χ0n) is 13.0. The van der Waals surface area contributed by atoms with Crippen LogP contribution in [0.2, 0.25) is 0 Å². The average Bonchev–Trinajstić information content (AvgIpc) is 2.91. The quantitative estimate of drug-likeness (QED) is 0.847. The predicted molar refractivity (Wildman–Crippen MR) is 88.4 cm³/mol. The summed E-state index contributed by atoms with van der Waals surface area (Å²) >= 11 is 0. The Morgan fingerprint density at radius 1 is 1.23 bits per heavy atom. The Balaban J connectivity index is 1.63. The van der Waals surface area contributed by atoms with Crippen molar-refractivity contribution in [1.29, 1.82) is 0 Å². The van der Waals surface area contributed by atoms with E-state index in [1.807, 2.05) is 13.0 Å². The van der Waals surface area contributed by atoms with E-state index >= 15 is 0 Å². The number of nitrogens with zero attached hydrogens (tertiary/aromatic N) is 1. The van der Waals surface area contributed by atoms with Crippen molar-refractivity contribution >= 4 is 20.9 Å². The van der Waals surface area contributed by atoms with Crippen LogP contribution in [0.15, 0.2) is 30.5 Å². The number of aromatic amines is 1. The summed E-state index contributed by atoms with van der Waals surface area (Å²) in [7, 11) is -3.04. The van der Waals surface area contributed by atoms with E-state index < -0.39 is 10.0 Å². The molecular weight excluding hydrogens is 298 g/mol. The van der Waals surface area contributed by atoms with Crippen LogP contribution >= 0.6 is 0 Å². The van der Waals surface area contributed by atoms with Gasteiger partial charge in [0.25, 0.3) is 0 Å². The van der Waals surface area contributed by atoms with Gasteiger partial charge in [-0.25, -0.2) is 8.42 Å². The lowest BCUT2D eigenvalue weighted by molar-refractivity contribution is -0.917. The van der Waals surface area contributed by atoms with Crippen molar-refractivity contribution in [3.8, 4) is 0 Å². The van der Waals surface area contributed by atoms with Crippen LogP contribution in [0.1, 0.15) is 18.9 Å². The van der Waals surface area contributed by atoms with Crippen LogP contribution < -0.4 is 4.90 Å². The van der Waals surface area contributed by atoms with Crippen molar-refractivity contribution in [2.45, 2.75) is 19.9 Å². The summed E-state index contributed by atoms with van der Waals surface area (Å²) in [6, 6.07) is 8.32. The van der Waals surface area contributed by atoms with Crippen LogP contribution in [0, 0.1) is 0 Å². The zero-order chi connectivity index (χ0) is 15.6. The number of hydrogen-bond donors (Lipinski definition) is 2. The SMILES string of the molecule is CCCS(=O)(=O)N1CC[NH+](Cc2c[nH]c3ccccc23)CC1. The molecule has 120 valence electrons. The lowest BCUT2D eigenvalue weighted by Crippen LogP contribution is -3.13. The van der Waals surface area contributed by atoms with Crippen LogP contribution in [-0.2, 0) is 16.6 Å². The van der Waals surface area contributed by atoms with Gasteiger partial charge in [-0.1, -0.05) is 25.1 Å². The molecule has 0 bridgehead atoms. The minimum absolute atomic E-state index is 0.269. The Labute approximate surface area is 132 Å². The molecular formula is C16H24N3O2S+. The monoisotopic (exact) mass is 322 g/mol. The first kappa shape index (κ1) is 15.5. The fourth-order valence-corrected chi connectivity index (χ4v) is 4.70. The summed E-state index contributed by atoms with van der Waals surface area (Å²) in [6.45, 7) is 5.90. The third-order valence-corrected chi connectivity index (χ3v) is 6.48. The predicted octanol–water partition coefficient (Wildman–Crippen LogP) is 0.608. The molecule has 0 atom stereocenters. The van der Waals surface area contributed by atoms with Gasteiger partial charge in [-0.2, -0.15) is 4.31 Å². The molecule has 3 rings (SSSR count). The highest BCUT2D eigenvalue weighted by molar-refractivity contribution is 7.89. The second-order valence-electron chi connectivity index (χ2n) is 6.00. The van der Waals surface area contributed by atoms with Crippen molar-refractivity contribution in [2.24, 2.45) is 0 Å². The number of benzene rings is 1. The van der Waals surface area contributed by atoms with Crippen molar-refractivity contribution < 1.29 is 13.3 Å². The maximum absolute atomic E-state index is 12.1. The van der Waals surface area contributed by atoms with Gasteiger partial charge in [0.05, 0.1) is 31.9 Å². The van der Waals surface area contributed by atoms with Gasteiger partial charge in [0.2, 0.25) is 10.0 Å². The molecule has 0 spiro atoms. The van der Waals surface area contributed by atoms with Crippen LogP contribution in [-0.4, -0.2) is 49.6 Å². The molecule has 0 saturated carbocycles. The molecule has 0 unspecified atom stereocenters. The molecule has 6 heteroatoms. The lowest BCUT2D eigenvalue weighted by Gasteiger charge is -2.31. The van der Waals surface area contributed by atoms with E-state index in [0.29, 0.717) is 19.5 Å². The average molecular weight is 322 g/mol. The van der Waals surface area contributed by atoms with Crippen LogP contribution in [0.25, 0.3) is 10.9 Å². The van der Waals surface area contributed by atoms with Gasteiger partial charge in [0.15, 0.2) is 0 Å². The Morgan fingerprint density at radius 2 is 1.95 bits per heavy atom. The fraction of sp³-hybridized carbons (Fsp3) is 0.500. The smallest absolute Gasteiger partial charge is 0.214 e. The van der Waals surface area contributed by atoms with Crippen LogP contribution in [0.3, 0.4) is 0 Å². The van der Waals surface area contributed by atoms with Gasteiger partial charge >= 0.3 is 0 Å². The minimum Gasteiger partial charge on any atom is -0.361 e. The van der Waals surface area contributed by atoms with Gasteiger partial charge in [-0.3, -0.25) is 0 Å². The number of para-hydroxylation sites is 1. The molecule has 1 saturated heterocycles. The number of piperazine rings is 1. The molecule has 1 aliphatic rings. The second kappa shape index (κ2) is 6.40. The maximum atomic E-state index is 12.1. The highest BCUT2D eigenvalue weighted by Crippen LogP contribution is 2.16. The number of hydrogen-bond acceptors (Lipinski definition) is 2. The first-order valence-electron chi connectivity index (χ1n) is 7.96. The van der Waals surface area contributed by atoms with E-state index in [2.05, 4.69) is 29.4 Å². The molecule has 1 aliphatic heterocycles. The molecule has 0 amide bonds. The van der Waals surface area contributed by atoms with E-state index in [1.165, 1.54) is 21.4 Å². The third kappa shape index (κ3) is 3.19. The maximum Gasteiger partial charge on any atom is 0.214 e. The van der Waals surface area contributed by atoms with Gasteiger partial charge in [0.1, 0.15) is 6.54 Å².